The quantitative estimate of drug-likeness (QED) is 0.869. The van der Waals surface area contributed by atoms with E-state index in [1.54, 1.807) is 6.07 Å². The van der Waals surface area contributed by atoms with Gasteiger partial charge in [0.15, 0.2) is 11.6 Å². The number of hydrogen-bond donors (Lipinski definition) is 1. The molecule has 2 aromatic rings. The number of halogens is 1. The third-order valence-corrected chi connectivity index (χ3v) is 5.18. The highest BCUT2D eigenvalue weighted by molar-refractivity contribution is 5.96. The van der Waals surface area contributed by atoms with Gasteiger partial charge in [-0.1, -0.05) is 23.8 Å². The Labute approximate surface area is 160 Å². The summed E-state index contributed by atoms with van der Waals surface area (Å²) in [5.41, 5.74) is 3.78. The van der Waals surface area contributed by atoms with Crippen LogP contribution in [0.15, 0.2) is 36.4 Å². The first-order valence-electron chi connectivity index (χ1n) is 9.39. The zero-order valence-electron chi connectivity index (χ0n) is 16.2. The molecule has 0 bridgehead atoms. The van der Waals surface area contributed by atoms with E-state index in [4.69, 9.17) is 4.74 Å². The Morgan fingerprint density at radius 1 is 1.19 bits per heavy atom. The Kier molecular flexibility index (Phi) is 6.11. The van der Waals surface area contributed by atoms with Crippen LogP contribution in [0.5, 0.6) is 5.75 Å². The van der Waals surface area contributed by atoms with Crippen molar-refractivity contribution < 1.29 is 13.9 Å². The van der Waals surface area contributed by atoms with Gasteiger partial charge in [0, 0.05) is 31.2 Å². The van der Waals surface area contributed by atoms with Gasteiger partial charge in [0.1, 0.15) is 0 Å². The number of carbonyl (C=O) groups is 1. The second-order valence-electron chi connectivity index (χ2n) is 7.31. The van der Waals surface area contributed by atoms with Crippen LogP contribution in [0, 0.1) is 19.7 Å². The molecule has 4 nitrogen and oxygen atoms in total. The standard InChI is InChI=1S/C22H27FN2O2/c1-15-4-5-16(2)19(12-15)22(26)24-18-8-10-25(11-9-18)14-17-6-7-21(27-3)20(23)13-17/h4-7,12-13,18H,8-11,14H2,1-3H3,(H,24,26). The lowest BCUT2D eigenvalue weighted by Gasteiger charge is -2.32. The summed E-state index contributed by atoms with van der Waals surface area (Å²) in [6.45, 7) is 6.43. The van der Waals surface area contributed by atoms with Crippen molar-refractivity contribution in [1.29, 1.82) is 0 Å². The second kappa shape index (κ2) is 8.53. The van der Waals surface area contributed by atoms with Gasteiger partial charge >= 0.3 is 0 Å². The largest absolute Gasteiger partial charge is 0.494 e. The molecule has 1 heterocycles. The molecule has 0 aromatic heterocycles. The molecule has 0 atom stereocenters. The number of ether oxygens (including phenoxy) is 1. The fourth-order valence-electron chi connectivity index (χ4n) is 3.55. The van der Waals surface area contributed by atoms with Crippen LogP contribution in [0.1, 0.15) is 39.9 Å². The Hall–Kier alpha value is -2.40. The number of carbonyl (C=O) groups excluding carboxylic acids is 1. The van der Waals surface area contributed by atoms with Crippen LogP contribution in [0.2, 0.25) is 0 Å². The molecule has 2 aromatic carbocycles. The number of rotatable bonds is 5. The minimum absolute atomic E-state index is 0.00637. The number of aryl methyl sites for hydroxylation is 2. The minimum atomic E-state index is -0.328. The zero-order valence-corrected chi connectivity index (χ0v) is 16.2. The highest BCUT2D eigenvalue weighted by atomic mass is 19.1. The van der Waals surface area contributed by atoms with Crippen LogP contribution in [-0.4, -0.2) is 37.0 Å². The van der Waals surface area contributed by atoms with Gasteiger partial charge in [-0.05, 0) is 56.0 Å². The fourth-order valence-corrected chi connectivity index (χ4v) is 3.55. The maximum atomic E-state index is 13.8. The SMILES string of the molecule is COc1ccc(CN2CCC(NC(=O)c3cc(C)ccc3C)CC2)cc1F. The molecule has 1 aliphatic rings. The van der Waals surface area contributed by atoms with E-state index in [1.165, 1.54) is 13.2 Å². The average molecular weight is 370 g/mol. The zero-order chi connectivity index (χ0) is 19.4. The third-order valence-electron chi connectivity index (χ3n) is 5.18. The van der Waals surface area contributed by atoms with E-state index >= 15 is 0 Å². The molecule has 0 radical (unpaired) electrons. The molecular formula is C22H27FN2O2. The predicted octanol–water partition coefficient (Wildman–Crippen LogP) is 3.85. The van der Waals surface area contributed by atoms with E-state index < -0.39 is 0 Å². The number of amides is 1. The van der Waals surface area contributed by atoms with Crippen molar-refractivity contribution in [2.24, 2.45) is 0 Å². The van der Waals surface area contributed by atoms with Gasteiger partial charge in [-0.2, -0.15) is 0 Å². The summed E-state index contributed by atoms with van der Waals surface area (Å²) in [5, 5.41) is 3.17. The van der Waals surface area contributed by atoms with Crippen molar-refractivity contribution >= 4 is 5.91 Å². The van der Waals surface area contributed by atoms with Crippen LogP contribution in [0.25, 0.3) is 0 Å². The smallest absolute Gasteiger partial charge is 0.251 e. The molecule has 0 aliphatic carbocycles. The van der Waals surface area contributed by atoms with Crippen molar-refractivity contribution in [2.45, 2.75) is 39.3 Å². The number of likely N-dealkylation sites (tertiary alicyclic amines) is 1. The van der Waals surface area contributed by atoms with Crippen molar-refractivity contribution in [3.63, 3.8) is 0 Å². The predicted molar refractivity (Wildman–Crippen MR) is 105 cm³/mol. The van der Waals surface area contributed by atoms with Gasteiger partial charge in [0.2, 0.25) is 0 Å². The average Bonchev–Trinajstić information content (AvgIpc) is 2.65. The molecule has 27 heavy (non-hydrogen) atoms. The molecular weight excluding hydrogens is 343 g/mol. The molecule has 1 aliphatic heterocycles. The first-order chi connectivity index (χ1) is 13.0. The first-order valence-corrected chi connectivity index (χ1v) is 9.39. The molecule has 5 heteroatoms. The van der Waals surface area contributed by atoms with Crippen LogP contribution >= 0.6 is 0 Å². The molecule has 1 amide bonds. The minimum Gasteiger partial charge on any atom is -0.494 e. The van der Waals surface area contributed by atoms with Gasteiger partial charge in [0.05, 0.1) is 7.11 Å². The second-order valence-corrected chi connectivity index (χ2v) is 7.31. The number of nitrogens with zero attached hydrogens (tertiary/aromatic N) is 1. The number of methoxy groups -OCH3 is 1. The van der Waals surface area contributed by atoms with Gasteiger partial charge in [-0.25, -0.2) is 4.39 Å². The van der Waals surface area contributed by atoms with Crippen molar-refractivity contribution in [2.75, 3.05) is 20.2 Å². The van der Waals surface area contributed by atoms with Gasteiger partial charge < -0.3 is 10.1 Å². The van der Waals surface area contributed by atoms with Gasteiger partial charge in [-0.15, -0.1) is 0 Å². The number of piperidine rings is 1. The Morgan fingerprint density at radius 3 is 2.59 bits per heavy atom. The van der Waals surface area contributed by atoms with Gasteiger partial charge in [-0.3, -0.25) is 9.69 Å². The molecule has 0 unspecified atom stereocenters. The molecule has 1 saturated heterocycles. The van der Waals surface area contributed by atoms with E-state index in [1.807, 2.05) is 38.1 Å². The van der Waals surface area contributed by atoms with E-state index in [0.29, 0.717) is 6.54 Å². The Morgan fingerprint density at radius 2 is 1.93 bits per heavy atom. The van der Waals surface area contributed by atoms with E-state index in [2.05, 4.69) is 10.2 Å². The summed E-state index contributed by atoms with van der Waals surface area (Å²) in [4.78, 5) is 14.9. The highest BCUT2D eigenvalue weighted by Gasteiger charge is 2.22. The summed E-state index contributed by atoms with van der Waals surface area (Å²) in [7, 11) is 1.47. The fraction of sp³-hybridized carbons (Fsp3) is 0.409. The molecule has 144 valence electrons. The monoisotopic (exact) mass is 370 g/mol. The molecule has 0 saturated carbocycles. The number of benzene rings is 2. The van der Waals surface area contributed by atoms with Crippen LogP contribution in [0.3, 0.4) is 0 Å². The lowest BCUT2D eigenvalue weighted by molar-refractivity contribution is 0.0908. The van der Waals surface area contributed by atoms with Crippen LogP contribution in [-0.2, 0) is 6.54 Å². The lowest BCUT2D eigenvalue weighted by atomic mass is 10.0. The van der Waals surface area contributed by atoms with Crippen LogP contribution in [0.4, 0.5) is 4.39 Å². The number of nitrogens with one attached hydrogen (secondary N) is 1. The van der Waals surface area contributed by atoms with Crippen LogP contribution < -0.4 is 10.1 Å². The van der Waals surface area contributed by atoms with Gasteiger partial charge in [0.25, 0.3) is 5.91 Å². The maximum absolute atomic E-state index is 13.8. The Bertz CT molecular complexity index is 814. The molecule has 0 spiro atoms. The highest BCUT2D eigenvalue weighted by Crippen LogP contribution is 2.20. The first kappa shape index (κ1) is 19.4. The summed E-state index contributed by atoms with van der Waals surface area (Å²) < 4.78 is 18.8. The summed E-state index contributed by atoms with van der Waals surface area (Å²) in [5.74, 6) is -0.0517. The maximum Gasteiger partial charge on any atom is 0.251 e. The summed E-state index contributed by atoms with van der Waals surface area (Å²) in [6.07, 6.45) is 1.80. The normalized spacial score (nSPS) is 15.6. The third kappa shape index (κ3) is 4.86. The molecule has 1 N–H and O–H groups in total. The van der Waals surface area contributed by atoms with Crippen molar-refractivity contribution in [3.8, 4) is 5.75 Å². The van der Waals surface area contributed by atoms with Crippen molar-refractivity contribution in [1.82, 2.24) is 10.2 Å². The van der Waals surface area contributed by atoms with E-state index in [-0.39, 0.29) is 23.5 Å². The summed E-state index contributed by atoms with van der Waals surface area (Å²) >= 11 is 0. The molecule has 1 fully saturated rings. The Balaban J connectivity index is 1.52. The number of hydrogen-bond acceptors (Lipinski definition) is 3. The van der Waals surface area contributed by atoms with Crippen molar-refractivity contribution in [3.05, 3.63) is 64.5 Å². The van der Waals surface area contributed by atoms with E-state index in [9.17, 15) is 9.18 Å². The summed E-state index contributed by atoms with van der Waals surface area (Å²) in [6, 6.07) is 11.2. The lowest BCUT2D eigenvalue weighted by Crippen LogP contribution is -2.44. The topological polar surface area (TPSA) is 41.6 Å². The molecule has 3 rings (SSSR count). The van der Waals surface area contributed by atoms with E-state index in [0.717, 1.165) is 48.2 Å².